The molecule has 0 aliphatic carbocycles. The van der Waals surface area contributed by atoms with E-state index in [2.05, 4.69) is 28.5 Å². The summed E-state index contributed by atoms with van der Waals surface area (Å²) in [5, 5.41) is 15.0. The molecule has 3 aromatic carbocycles. The number of nitrogens with zero attached hydrogens (tertiary/aromatic N) is 1. The average molecular weight is 432 g/mol. The van der Waals surface area contributed by atoms with Crippen LogP contribution in [0.5, 0.6) is 0 Å². The summed E-state index contributed by atoms with van der Waals surface area (Å²) in [6.07, 6.45) is 2.01. The van der Waals surface area contributed by atoms with Gasteiger partial charge in [0.1, 0.15) is 0 Å². The first-order chi connectivity index (χ1) is 15.1. The van der Waals surface area contributed by atoms with Crippen LogP contribution in [0.2, 0.25) is 0 Å². The number of aromatic amines is 1. The third kappa shape index (κ3) is 4.95. The van der Waals surface area contributed by atoms with Gasteiger partial charge in [-0.05, 0) is 29.3 Å². The Balaban J connectivity index is 1.44. The van der Waals surface area contributed by atoms with Gasteiger partial charge >= 0.3 is 0 Å². The predicted octanol–water partition coefficient (Wildman–Crippen LogP) is 5.12. The summed E-state index contributed by atoms with van der Waals surface area (Å²) in [4.78, 5) is 27.0. The first-order valence-corrected chi connectivity index (χ1v) is 10.9. The van der Waals surface area contributed by atoms with Crippen LogP contribution in [0.3, 0.4) is 0 Å². The Hall–Kier alpha value is -3.58. The lowest BCUT2D eigenvalue weighted by molar-refractivity contribution is -0.384. The Kier molecular flexibility index (Phi) is 6.33. The molecule has 0 aliphatic heterocycles. The largest absolute Gasteiger partial charge is 0.361 e. The van der Waals surface area contributed by atoms with E-state index in [0.29, 0.717) is 6.54 Å². The Morgan fingerprint density at radius 1 is 1.00 bits per heavy atom. The second-order valence-electron chi connectivity index (χ2n) is 7.10. The quantitative estimate of drug-likeness (QED) is 0.230. The third-order valence-corrected chi connectivity index (χ3v) is 6.13. The van der Waals surface area contributed by atoms with Crippen LogP contribution in [-0.2, 0) is 4.79 Å². The number of aromatic nitrogens is 1. The standard InChI is InChI=1S/C24H21N3O3S/c28-24(16-31-19-12-10-18(11-13-19)27(29)30)26-14-21(17-6-2-1-3-7-17)22-15-25-23-9-5-4-8-20(22)23/h1-13,15,21,25H,14,16H2,(H,26,28). The summed E-state index contributed by atoms with van der Waals surface area (Å²) in [6, 6.07) is 24.5. The van der Waals surface area contributed by atoms with Gasteiger partial charge in [-0.25, -0.2) is 0 Å². The van der Waals surface area contributed by atoms with Gasteiger partial charge in [0.05, 0.1) is 10.7 Å². The summed E-state index contributed by atoms with van der Waals surface area (Å²) >= 11 is 1.36. The van der Waals surface area contributed by atoms with Crippen LogP contribution < -0.4 is 5.32 Å². The van der Waals surface area contributed by atoms with Gasteiger partial charge in [0.15, 0.2) is 0 Å². The first kappa shape index (κ1) is 20.7. The Morgan fingerprint density at radius 3 is 2.45 bits per heavy atom. The molecule has 1 unspecified atom stereocenters. The zero-order chi connectivity index (χ0) is 21.6. The van der Waals surface area contributed by atoms with Crippen molar-refractivity contribution in [2.24, 2.45) is 0 Å². The minimum Gasteiger partial charge on any atom is -0.361 e. The van der Waals surface area contributed by atoms with E-state index in [-0.39, 0.29) is 23.3 Å². The van der Waals surface area contributed by atoms with Crippen LogP contribution in [0.25, 0.3) is 10.9 Å². The number of thioether (sulfide) groups is 1. The van der Waals surface area contributed by atoms with Gasteiger partial charge in [0, 0.05) is 46.6 Å². The number of carbonyl (C=O) groups is 1. The minimum absolute atomic E-state index is 0.0191. The van der Waals surface area contributed by atoms with E-state index in [1.807, 2.05) is 42.6 Å². The lowest BCUT2D eigenvalue weighted by Crippen LogP contribution is -2.30. The van der Waals surface area contributed by atoms with Gasteiger partial charge in [-0.1, -0.05) is 48.5 Å². The van der Waals surface area contributed by atoms with Crippen molar-refractivity contribution in [1.82, 2.24) is 10.3 Å². The van der Waals surface area contributed by atoms with E-state index in [9.17, 15) is 14.9 Å². The normalized spacial score (nSPS) is 11.9. The van der Waals surface area contributed by atoms with E-state index in [1.165, 1.54) is 23.9 Å². The molecule has 4 aromatic rings. The molecular weight excluding hydrogens is 410 g/mol. The molecular formula is C24H21N3O3S. The highest BCUT2D eigenvalue weighted by Crippen LogP contribution is 2.30. The number of fused-ring (bicyclic) bond motifs is 1. The summed E-state index contributed by atoms with van der Waals surface area (Å²) in [5.41, 5.74) is 3.39. The second kappa shape index (κ2) is 9.49. The maximum Gasteiger partial charge on any atom is 0.269 e. The van der Waals surface area contributed by atoms with Gasteiger partial charge in [-0.2, -0.15) is 0 Å². The molecule has 1 atom stereocenters. The monoisotopic (exact) mass is 431 g/mol. The predicted molar refractivity (Wildman–Crippen MR) is 123 cm³/mol. The number of carbonyl (C=O) groups excluding carboxylic acids is 1. The van der Waals surface area contributed by atoms with E-state index < -0.39 is 4.92 Å². The fourth-order valence-electron chi connectivity index (χ4n) is 3.55. The fraction of sp³-hybridized carbons (Fsp3) is 0.125. The number of nitro groups is 1. The van der Waals surface area contributed by atoms with Gasteiger partial charge in [-0.3, -0.25) is 14.9 Å². The Labute approximate surface area is 183 Å². The highest BCUT2D eigenvalue weighted by atomic mass is 32.2. The number of nitro benzene ring substituents is 1. The molecule has 156 valence electrons. The van der Waals surface area contributed by atoms with Crippen molar-refractivity contribution in [1.29, 1.82) is 0 Å². The van der Waals surface area contributed by atoms with Crippen LogP contribution in [-0.4, -0.2) is 28.1 Å². The lowest BCUT2D eigenvalue weighted by Gasteiger charge is -2.18. The molecule has 1 heterocycles. The Morgan fingerprint density at radius 2 is 1.71 bits per heavy atom. The summed E-state index contributed by atoms with van der Waals surface area (Å²) in [5.74, 6) is 0.183. The maximum atomic E-state index is 12.5. The number of rotatable bonds is 8. The van der Waals surface area contributed by atoms with Crippen molar-refractivity contribution >= 4 is 34.3 Å². The molecule has 0 spiro atoms. The van der Waals surface area contributed by atoms with Gasteiger partial charge in [-0.15, -0.1) is 11.8 Å². The topological polar surface area (TPSA) is 88.0 Å². The molecule has 6 nitrogen and oxygen atoms in total. The summed E-state index contributed by atoms with van der Waals surface area (Å²) in [7, 11) is 0. The molecule has 0 fully saturated rings. The van der Waals surface area contributed by atoms with Crippen molar-refractivity contribution in [3.8, 4) is 0 Å². The molecule has 31 heavy (non-hydrogen) atoms. The molecule has 7 heteroatoms. The van der Waals surface area contributed by atoms with Gasteiger partial charge < -0.3 is 10.3 Å². The average Bonchev–Trinajstić information content (AvgIpc) is 3.23. The van der Waals surface area contributed by atoms with Crippen LogP contribution in [0.1, 0.15) is 17.0 Å². The third-order valence-electron chi connectivity index (χ3n) is 5.12. The zero-order valence-corrected chi connectivity index (χ0v) is 17.5. The smallest absolute Gasteiger partial charge is 0.269 e. The molecule has 0 aliphatic rings. The van der Waals surface area contributed by atoms with Gasteiger partial charge in [0.2, 0.25) is 5.91 Å². The molecule has 2 N–H and O–H groups in total. The zero-order valence-electron chi connectivity index (χ0n) is 16.7. The SMILES string of the molecule is O=C(CSc1ccc([N+](=O)[O-])cc1)NCC(c1ccccc1)c1c[nH]c2ccccc12. The number of amides is 1. The molecule has 0 bridgehead atoms. The van der Waals surface area contributed by atoms with Crippen molar-refractivity contribution in [2.45, 2.75) is 10.8 Å². The van der Waals surface area contributed by atoms with Gasteiger partial charge in [0.25, 0.3) is 5.69 Å². The van der Waals surface area contributed by atoms with Crippen molar-refractivity contribution in [3.05, 3.63) is 106 Å². The number of nitrogens with one attached hydrogen (secondary N) is 2. The van der Waals surface area contributed by atoms with Crippen molar-refractivity contribution in [2.75, 3.05) is 12.3 Å². The van der Waals surface area contributed by atoms with E-state index in [1.54, 1.807) is 12.1 Å². The van der Waals surface area contributed by atoms with E-state index in [0.717, 1.165) is 26.9 Å². The Bertz CT molecular complexity index is 1190. The van der Waals surface area contributed by atoms with E-state index >= 15 is 0 Å². The van der Waals surface area contributed by atoms with Crippen LogP contribution >= 0.6 is 11.8 Å². The minimum atomic E-state index is -0.435. The fourth-order valence-corrected chi connectivity index (χ4v) is 4.28. The summed E-state index contributed by atoms with van der Waals surface area (Å²) < 4.78 is 0. The number of hydrogen-bond acceptors (Lipinski definition) is 4. The first-order valence-electron chi connectivity index (χ1n) is 9.87. The molecule has 0 radical (unpaired) electrons. The van der Waals surface area contributed by atoms with Crippen LogP contribution in [0.4, 0.5) is 5.69 Å². The molecule has 0 saturated carbocycles. The molecule has 0 saturated heterocycles. The lowest BCUT2D eigenvalue weighted by atomic mass is 9.91. The van der Waals surface area contributed by atoms with Crippen LogP contribution in [0, 0.1) is 10.1 Å². The maximum absolute atomic E-state index is 12.5. The second-order valence-corrected chi connectivity index (χ2v) is 8.15. The number of non-ortho nitro benzene ring substituents is 1. The number of para-hydroxylation sites is 1. The number of H-pyrrole nitrogens is 1. The van der Waals surface area contributed by atoms with Crippen LogP contribution in [0.15, 0.2) is 90.0 Å². The highest BCUT2D eigenvalue weighted by Gasteiger charge is 2.19. The molecule has 1 amide bonds. The number of hydrogen-bond donors (Lipinski definition) is 2. The number of benzene rings is 3. The van der Waals surface area contributed by atoms with Crippen molar-refractivity contribution in [3.63, 3.8) is 0 Å². The van der Waals surface area contributed by atoms with E-state index in [4.69, 9.17) is 0 Å². The molecule has 1 aromatic heterocycles. The van der Waals surface area contributed by atoms with Crippen molar-refractivity contribution < 1.29 is 9.72 Å². The molecule has 4 rings (SSSR count). The highest BCUT2D eigenvalue weighted by molar-refractivity contribution is 8.00. The summed E-state index contributed by atoms with van der Waals surface area (Å²) in [6.45, 7) is 0.478.